The van der Waals surface area contributed by atoms with Crippen LogP contribution >= 0.6 is 0 Å². The van der Waals surface area contributed by atoms with Gasteiger partial charge in [-0.25, -0.2) is 4.79 Å². The van der Waals surface area contributed by atoms with Gasteiger partial charge in [-0.15, -0.1) is 0 Å². The summed E-state index contributed by atoms with van der Waals surface area (Å²) in [6, 6.07) is 1.31. The molecule has 0 spiro atoms. The molecule has 0 bridgehead atoms. The highest BCUT2D eigenvalue weighted by atomic mass is 16.2. The van der Waals surface area contributed by atoms with Gasteiger partial charge in [0.1, 0.15) is 0 Å². The van der Waals surface area contributed by atoms with E-state index in [9.17, 15) is 4.79 Å². The predicted molar refractivity (Wildman–Crippen MR) is 71.2 cm³/mol. The molecule has 100 valence electrons. The van der Waals surface area contributed by atoms with Gasteiger partial charge >= 0.3 is 6.03 Å². The standard InChI is InChI=1S/C13H27N3O/c1-10(2)16(11(3)4)13(17)15-8-6-12(14-5)7-9-15/h10-12,14H,6-9H2,1-5H3. The summed E-state index contributed by atoms with van der Waals surface area (Å²) in [6.45, 7) is 10.1. The van der Waals surface area contributed by atoms with Gasteiger partial charge in [0.25, 0.3) is 0 Å². The molecule has 1 fully saturated rings. The van der Waals surface area contributed by atoms with Crippen molar-refractivity contribution in [3.63, 3.8) is 0 Å². The fourth-order valence-corrected chi connectivity index (χ4v) is 2.56. The van der Waals surface area contributed by atoms with Crippen molar-refractivity contribution < 1.29 is 4.79 Å². The Morgan fingerprint density at radius 1 is 1.18 bits per heavy atom. The largest absolute Gasteiger partial charge is 0.325 e. The summed E-state index contributed by atoms with van der Waals surface area (Å²) in [4.78, 5) is 16.4. The Bertz CT molecular complexity index is 237. The van der Waals surface area contributed by atoms with Gasteiger partial charge in [-0.3, -0.25) is 0 Å². The minimum Gasteiger partial charge on any atom is -0.325 e. The number of rotatable bonds is 3. The highest BCUT2D eigenvalue weighted by molar-refractivity contribution is 5.75. The molecule has 17 heavy (non-hydrogen) atoms. The fourth-order valence-electron chi connectivity index (χ4n) is 2.56. The molecule has 1 N–H and O–H groups in total. The first-order valence-corrected chi connectivity index (χ1v) is 6.71. The van der Waals surface area contributed by atoms with Crippen LogP contribution in [0.2, 0.25) is 0 Å². The maximum Gasteiger partial charge on any atom is 0.320 e. The van der Waals surface area contributed by atoms with Crippen LogP contribution < -0.4 is 5.32 Å². The van der Waals surface area contributed by atoms with Crippen molar-refractivity contribution >= 4 is 6.03 Å². The SMILES string of the molecule is CNC1CCN(C(=O)N(C(C)C)C(C)C)CC1. The Kier molecular flexibility index (Phi) is 5.25. The fraction of sp³-hybridized carbons (Fsp3) is 0.923. The zero-order chi connectivity index (χ0) is 13.0. The summed E-state index contributed by atoms with van der Waals surface area (Å²) >= 11 is 0. The van der Waals surface area contributed by atoms with Crippen molar-refractivity contribution in [1.29, 1.82) is 0 Å². The number of piperidine rings is 1. The molecule has 0 unspecified atom stereocenters. The lowest BCUT2D eigenvalue weighted by molar-refractivity contribution is 0.113. The lowest BCUT2D eigenvalue weighted by Crippen LogP contribution is -2.53. The van der Waals surface area contributed by atoms with Crippen molar-refractivity contribution in [2.45, 2.75) is 58.7 Å². The van der Waals surface area contributed by atoms with Gasteiger partial charge in [-0.05, 0) is 47.6 Å². The van der Waals surface area contributed by atoms with Gasteiger partial charge < -0.3 is 15.1 Å². The predicted octanol–water partition coefficient (Wildman–Crippen LogP) is 1.91. The average molecular weight is 241 g/mol. The van der Waals surface area contributed by atoms with Gasteiger partial charge in [0, 0.05) is 31.2 Å². The molecule has 1 aliphatic heterocycles. The third-order valence-corrected chi connectivity index (χ3v) is 3.51. The Balaban J connectivity index is 2.58. The molecular weight excluding hydrogens is 214 g/mol. The zero-order valence-corrected chi connectivity index (χ0v) is 11.9. The van der Waals surface area contributed by atoms with E-state index < -0.39 is 0 Å². The van der Waals surface area contributed by atoms with E-state index in [1.807, 2.05) is 16.8 Å². The normalized spacial score (nSPS) is 17.9. The molecule has 1 aliphatic rings. The van der Waals surface area contributed by atoms with E-state index in [2.05, 4.69) is 33.0 Å². The van der Waals surface area contributed by atoms with Crippen LogP contribution in [0.3, 0.4) is 0 Å². The highest BCUT2D eigenvalue weighted by Gasteiger charge is 2.28. The minimum absolute atomic E-state index is 0.199. The molecular formula is C13H27N3O. The lowest BCUT2D eigenvalue weighted by Gasteiger charge is -2.39. The van der Waals surface area contributed by atoms with Crippen LogP contribution in [0.4, 0.5) is 4.79 Å². The van der Waals surface area contributed by atoms with Crippen molar-refractivity contribution in [2.24, 2.45) is 0 Å². The number of amides is 2. The summed E-state index contributed by atoms with van der Waals surface area (Å²) in [5, 5.41) is 3.29. The number of carbonyl (C=O) groups excluding carboxylic acids is 1. The van der Waals surface area contributed by atoms with Crippen LogP contribution in [0, 0.1) is 0 Å². The molecule has 0 aromatic rings. The van der Waals surface area contributed by atoms with E-state index in [4.69, 9.17) is 0 Å². The summed E-state index contributed by atoms with van der Waals surface area (Å²) in [5.74, 6) is 0. The maximum atomic E-state index is 12.4. The van der Waals surface area contributed by atoms with Crippen LogP contribution in [0.15, 0.2) is 0 Å². The number of nitrogens with zero attached hydrogens (tertiary/aromatic N) is 2. The number of urea groups is 1. The van der Waals surface area contributed by atoms with Crippen molar-refractivity contribution in [3.8, 4) is 0 Å². The summed E-state index contributed by atoms with van der Waals surface area (Å²) in [7, 11) is 2.00. The number of likely N-dealkylation sites (tertiary alicyclic amines) is 1. The van der Waals surface area contributed by atoms with Gasteiger partial charge in [-0.1, -0.05) is 0 Å². The molecule has 0 radical (unpaired) electrons. The van der Waals surface area contributed by atoms with E-state index >= 15 is 0 Å². The Morgan fingerprint density at radius 2 is 1.65 bits per heavy atom. The number of hydrogen-bond acceptors (Lipinski definition) is 2. The number of carbonyl (C=O) groups is 1. The molecule has 0 saturated carbocycles. The van der Waals surface area contributed by atoms with Crippen LogP contribution in [-0.2, 0) is 0 Å². The van der Waals surface area contributed by atoms with Gasteiger partial charge in [0.2, 0.25) is 0 Å². The van der Waals surface area contributed by atoms with E-state index in [0.29, 0.717) is 6.04 Å². The first-order chi connectivity index (χ1) is 7.97. The van der Waals surface area contributed by atoms with Gasteiger partial charge in [-0.2, -0.15) is 0 Å². The summed E-state index contributed by atoms with van der Waals surface area (Å²) in [5.41, 5.74) is 0. The van der Waals surface area contributed by atoms with Crippen molar-refractivity contribution in [1.82, 2.24) is 15.1 Å². The summed E-state index contributed by atoms with van der Waals surface area (Å²) < 4.78 is 0. The molecule has 1 saturated heterocycles. The molecule has 0 aliphatic carbocycles. The second-order valence-electron chi connectivity index (χ2n) is 5.43. The molecule has 0 aromatic carbocycles. The smallest absolute Gasteiger partial charge is 0.320 e. The lowest BCUT2D eigenvalue weighted by atomic mass is 10.1. The molecule has 2 amide bonds. The molecule has 4 nitrogen and oxygen atoms in total. The quantitative estimate of drug-likeness (QED) is 0.819. The number of nitrogens with one attached hydrogen (secondary N) is 1. The van der Waals surface area contributed by atoms with Crippen molar-refractivity contribution in [2.75, 3.05) is 20.1 Å². The van der Waals surface area contributed by atoms with Gasteiger partial charge in [0.15, 0.2) is 0 Å². The molecule has 0 aromatic heterocycles. The minimum atomic E-state index is 0.199. The highest BCUT2D eigenvalue weighted by Crippen LogP contribution is 2.15. The van der Waals surface area contributed by atoms with E-state index in [0.717, 1.165) is 25.9 Å². The molecule has 1 heterocycles. The third kappa shape index (κ3) is 3.60. The van der Waals surface area contributed by atoms with Crippen molar-refractivity contribution in [3.05, 3.63) is 0 Å². The first-order valence-electron chi connectivity index (χ1n) is 6.71. The maximum absolute atomic E-state index is 12.4. The van der Waals surface area contributed by atoms with Crippen LogP contribution in [0.5, 0.6) is 0 Å². The van der Waals surface area contributed by atoms with Crippen LogP contribution in [0.1, 0.15) is 40.5 Å². The topological polar surface area (TPSA) is 35.6 Å². The van der Waals surface area contributed by atoms with Crippen LogP contribution in [-0.4, -0.2) is 54.1 Å². The van der Waals surface area contributed by atoms with E-state index in [1.165, 1.54) is 0 Å². The average Bonchev–Trinajstić information content (AvgIpc) is 2.28. The van der Waals surface area contributed by atoms with Crippen LogP contribution in [0.25, 0.3) is 0 Å². The second-order valence-corrected chi connectivity index (χ2v) is 5.43. The molecule has 0 atom stereocenters. The Labute approximate surface area is 105 Å². The second kappa shape index (κ2) is 6.24. The van der Waals surface area contributed by atoms with Gasteiger partial charge in [0.05, 0.1) is 0 Å². The monoisotopic (exact) mass is 241 g/mol. The van der Waals surface area contributed by atoms with E-state index in [1.54, 1.807) is 0 Å². The first kappa shape index (κ1) is 14.3. The number of hydrogen-bond donors (Lipinski definition) is 1. The zero-order valence-electron chi connectivity index (χ0n) is 11.9. The molecule has 1 rings (SSSR count). The van der Waals surface area contributed by atoms with E-state index in [-0.39, 0.29) is 18.1 Å². The summed E-state index contributed by atoms with van der Waals surface area (Å²) in [6.07, 6.45) is 2.12. The Morgan fingerprint density at radius 3 is 2.00 bits per heavy atom. The Hall–Kier alpha value is -0.770. The molecule has 4 heteroatoms. The third-order valence-electron chi connectivity index (χ3n) is 3.51.